The highest BCUT2D eigenvalue weighted by Crippen LogP contribution is 2.35. The van der Waals surface area contributed by atoms with Gasteiger partial charge in [-0.05, 0) is 38.2 Å². The summed E-state index contributed by atoms with van der Waals surface area (Å²) in [7, 11) is 3.78. The van der Waals surface area contributed by atoms with Gasteiger partial charge in [0.05, 0.1) is 11.1 Å². The van der Waals surface area contributed by atoms with Gasteiger partial charge >= 0.3 is 6.18 Å². The lowest BCUT2D eigenvalue weighted by Crippen LogP contribution is -2.42. The fraction of sp³-hybridized carbons (Fsp3) is 0.538. The SMILES string of the molecule is CNC1(c2cccc(C(F)(F)F)c2)CCN(C)C1. The second-order valence-electron chi connectivity index (χ2n) is 4.90. The molecule has 1 unspecified atom stereocenters. The van der Waals surface area contributed by atoms with E-state index in [-0.39, 0.29) is 5.54 Å². The molecule has 0 aromatic heterocycles. The number of nitrogens with one attached hydrogen (secondary N) is 1. The molecule has 1 atom stereocenters. The highest BCUT2D eigenvalue weighted by molar-refractivity contribution is 5.32. The van der Waals surface area contributed by atoms with Gasteiger partial charge in [-0.3, -0.25) is 0 Å². The largest absolute Gasteiger partial charge is 0.416 e. The Bertz CT molecular complexity index is 430. The van der Waals surface area contributed by atoms with Crippen LogP contribution in [0.1, 0.15) is 17.5 Å². The lowest BCUT2D eigenvalue weighted by molar-refractivity contribution is -0.137. The Morgan fingerprint density at radius 1 is 1.33 bits per heavy atom. The highest BCUT2D eigenvalue weighted by Gasteiger charge is 2.38. The highest BCUT2D eigenvalue weighted by atomic mass is 19.4. The molecule has 2 rings (SSSR count). The van der Waals surface area contributed by atoms with Crippen LogP contribution in [0, 0.1) is 0 Å². The van der Waals surface area contributed by atoms with Crippen molar-refractivity contribution in [2.24, 2.45) is 0 Å². The maximum atomic E-state index is 12.7. The van der Waals surface area contributed by atoms with Crippen molar-refractivity contribution < 1.29 is 13.2 Å². The fourth-order valence-corrected chi connectivity index (χ4v) is 2.58. The van der Waals surface area contributed by atoms with Gasteiger partial charge in [-0.15, -0.1) is 0 Å². The Balaban J connectivity index is 2.38. The molecular weight excluding hydrogens is 241 g/mol. The normalized spacial score (nSPS) is 25.6. The monoisotopic (exact) mass is 258 g/mol. The van der Waals surface area contributed by atoms with Crippen molar-refractivity contribution >= 4 is 0 Å². The van der Waals surface area contributed by atoms with E-state index in [9.17, 15) is 13.2 Å². The number of likely N-dealkylation sites (tertiary alicyclic amines) is 1. The number of halogens is 3. The van der Waals surface area contributed by atoms with E-state index in [0.29, 0.717) is 5.56 Å². The smallest absolute Gasteiger partial charge is 0.309 e. The number of benzene rings is 1. The first-order valence-corrected chi connectivity index (χ1v) is 5.93. The van der Waals surface area contributed by atoms with Crippen LogP contribution in [0.2, 0.25) is 0 Å². The lowest BCUT2D eigenvalue weighted by atomic mass is 9.88. The zero-order valence-electron chi connectivity index (χ0n) is 10.5. The topological polar surface area (TPSA) is 15.3 Å². The van der Waals surface area contributed by atoms with E-state index in [0.717, 1.165) is 25.6 Å². The van der Waals surface area contributed by atoms with Gasteiger partial charge in [-0.2, -0.15) is 13.2 Å². The molecule has 0 aliphatic carbocycles. The summed E-state index contributed by atoms with van der Waals surface area (Å²) in [6, 6.07) is 5.63. The van der Waals surface area contributed by atoms with E-state index in [1.54, 1.807) is 13.1 Å². The van der Waals surface area contributed by atoms with Crippen molar-refractivity contribution in [2.45, 2.75) is 18.1 Å². The molecule has 1 aromatic carbocycles. The first-order chi connectivity index (χ1) is 8.37. The summed E-state index contributed by atoms with van der Waals surface area (Å²) in [5.41, 5.74) is -0.232. The molecule has 1 aliphatic rings. The van der Waals surface area contributed by atoms with Gasteiger partial charge in [-0.25, -0.2) is 0 Å². The van der Waals surface area contributed by atoms with Gasteiger partial charge < -0.3 is 10.2 Å². The molecule has 5 heteroatoms. The Morgan fingerprint density at radius 2 is 2.06 bits per heavy atom. The molecule has 1 heterocycles. The average Bonchev–Trinajstić information content (AvgIpc) is 2.71. The molecule has 0 bridgehead atoms. The summed E-state index contributed by atoms with van der Waals surface area (Å²) in [4.78, 5) is 2.12. The molecular formula is C13H17F3N2. The molecule has 0 saturated carbocycles. The van der Waals surface area contributed by atoms with Crippen LogP contribution in [0.3, 0.4) is 0 Å². The molecule has 1 aromatic rings. The minimum Gasteiger partial charge on any atom is -0.309 e. The molecule has 18 heavy (non-hydrogen) atoms. The second kappa shape index (κ2) is 4.55. The Hall–Kier alpha value is -1.07. The van der Waals surface area contributed by atoms with Crippen molar-refractivity contribution in [1.29, 1.82) is 0 Å². The molecule has 100 valence electrons. The Kier molecular flexibility index (Phi) is 3.38. The third-order valence-electron chi connectivity index (χ3n) is 3.68. The van der Waals surface area contributed by atoms with Crippen molar-refractivity contribution in [2.75, 3.05) is 27.2 Å². The minimum atomic E-state index is -4.28. The third kappa shape index (κ3) is 2.37. The van der Waals surface area contributed by atoms with Crippen LogP contribution in [0.4, 0.5) is 13.2 Å². The number of hydrogen-bond acceptors (Lipinski definition) is 2. The van der Waals surface area contributed by atoms with E-state index in [1.807, 2.05) is 7.05 Å². The van der Waals surface area contributed by atoms with E-state index in [4.69, 9.17) is 0 Å². The van der Waals surface area contributed by atoms with Crippen molar-refractivity contribution in [3.8, 4) is 0 Å². The Labute approximate surface area is 105 Å². The predicted octanol–water partition coefficient (Wildman–Crippen LogP) is 2.46. The number of likely N-dealkylation sites (N-methyl/N-ethyl adjacent to an activating group) is 2. The summed E-state index contributed by atoms with van der Waals surface area (Å²) in [6.07, 6.45) is -3.46. The van der Waals surface area contributed by atoms with E-state index in [2.05, 4.69) is 10.2 Å². The molecule has 1 saturated heterocycles. The first-order valence-electron chi connectivity index (χ1n) is 5.93. The van der Waals surface area contributed by atoms with Crippen LogP contribution in [0.25, 0.3) is 0 Å². The summed E-state index contributed by atoms with van der Waals surface area (Å²) in [5.74, 6) is 0. The van der Waals surface area contributed by atoms with Gasteiger partial charge in [0.2, 0.25) is 0 Å². The quantitative estimate of drug-likeness (QED) is 0.876. The molecule has 0 spiro atoms. The molecule has 1 fully saturated rings. The molecule has 1 N–H and O–H groups in total. The summed E-state index contributed by atoms with van der Waals surface area (Å²) < 4.78 is 38.2. The number of hydrogen-bond donors (Lipinski definition) is 1. The van der Waals surface area contributed by atoms with Gasteiger partial charge in [0, 0.05) is 13.1 Å². The summed E-state index contributed by atoms with van der Waals surface area (Å²) >= 11 is 0. The van der Waals surface area contributed by atoms with Crippen molar-refractivity contribution in [3.63, 3.8) is 0 Å². The summed E-state index contributed by atoms with van der Waals surface area (Å²) in [5, 5.41) is 3.19. The minimum absolute atomic E-state index is 0.365. The first kappa shape index (κ1) is 13.4. The van der Waals surface area contributed by atoms with Crippen LogP contribution in [-0.4, -0.2) is 32.1 Å². The average molecular weight is 258 g/mol. The fourth-order valence-electron chi connectivity index (χ4n) is 2.58. The zero-order valence-corrected chi connectivity index (χ0v) is 10.5. The van der Waals surface area contributed by atoms with Crippen LogP contribution in [0.15, 0.2) is 24.3 Å². The standard InChI is InChI=1S/C13H17F3N2/c1-17-12(6-7-18(2)9-12)10-4-3-5-11(8-10)13(14,15)16/h3-5,8,17H,6-7,9H2,1-2H3. The molecule has 0 radical (unpaired) electrons. The molecule has 0 amide bonds. The number of nitrogens with zero attached hydrogens (tertiary/aromatic N) is 1. The molecule has 1 aliphatic heterocycles. The van der Waals surface area contributed by atoms with E-state index in [1.165, 1.54) is 12.1 Å². The van der Waals surface area contributed by atoms with Crippen molar-refractivity contribution in [3.05, 3.63) is 35.4 Å². The molecule has 2 nitrogen and oxygen atoms in total. The van der Waals surface area contributed by atoms with Gasteiger partial charge in [0.1, 0.15) is 0 Å². The summed E-state index contributed by atoms with van der Waals surface area (Å²) in [6.45, 7) is 1.61. The second-order valence-corrected chi connectivity index (χ2v) is 4.90. The van der Waals surface area contributed by atoms with Crippen molar-refractivity contribution in [1.82, 2.24) is 10.2 Å². The van der Waals surface area contributed by atoms with E-state index >= 15 is 0 Å². The van der Waals surface area contributed by atoms with Crippen LogP contribution < -0.4 is 5.32 Å². The van der Waals surface area contributed by atoms with Crippen LogP contribution >= 0.6 is 0 Å². The number of rotatable bonds is 2. The van der Waals surface area contributed by atoms with Crippen LogP contribution in [-0.2, 0) is 11.7 Å². The Morgan fingerprint density at radius 3 is 2.56 bits per heavy atom. The predicted molar refractivity (Wildman–Crippen MR) is 64.3 cm³/mol. The third-order valence-corrected chi connectivity index (χ3v) is 3.68. The maximum absolute atomic E-state index is 12.7. The van der Waals surface area contributed by atoms with Gasteiger partial charge in [0.25, 0.3) is 0 Å². The lowest BCUT2D eigenvalue weighted by Gasteiger charge is -2.30. The maximum Gasteiger partial charge on any atom is 0.416 e. The van der Waals surface area contributed by atoms with Crippen LogP contribution in [0.5, 0.6) is 0 Å². The van der Waals surface area contributed by atoms with Gasteiger partial charge in [-0.1, -0.05) is 12.1 Å². The number of alkyl halides is 3. The van der Waals surface area contributed by atoms with Gasteiger partial charge in [0.15, 0.2) is 0 Å². The zero-order chi connectivity index (χ0) is 13.4. The van der Waals surface area contributed by atoms with E-state index < -0.39 is 11.7 Å².